The summed E-state index contributed by atoms with van der Waals surface area (Å²) in [6, 6.07) is 2.06. The van der Waals surface area contributed by atoms with Gasteiger partial charge in [-0.05, 0) is 12.3 Å². The molecule has 1 aromatic heterocycles. The summed E-state index contributed by atoms with van der Waals surface area (Å²) in [7, 11) is 0. The maximum atomic E-state index is 12.5. The first-order chi connectivity index (χ1) is 9.51. The van der Waals surface area contributed by atoms with E-state index in [0.29, 0.717) is 31.1 Å². The van der Waals surface area contributed by atoms with Gasteiger partial charge in [-0.1, -0.05) is 27.2 Å². The summed E-state index contributed by atoms with van der Waals surface area (Å²) < 4.78 is 0. The summed E-state index contributed by atoms with van der Waals surface area (Å²) in [5, 5.41) is 15.6. The summed E-state index contributed by atoms with van der Waals surface area (Å²) in [5.41, 5.74) is 7.49. The zero-order valence-electron chi connectivity index (χ0n) is 12.4. The van der Waals surface area contributed by atoms with Gasteiger partial charge in [0.1, 0.15) is 0 Å². The Morgan fingerprint density at radius 2 is 2.25 bits per heavy atom. The average Bonchev–Trinajstić information content (AvgIpc) is 2.75. The first kappa shape index (κ1) is 16.0. The second-order valence-corrected chi connectivity index (χ2v) is 5.27. The lowest BCUT2D eigenvalue weighted by molar-refractivity contribution is 0.0735. The molecular weight excluding hydrogens is 254 g/mol. The van der Waals surface area contributed by atoms with Crippen LogP contribution in [0.1, 0.15) is 49.8 Å². The number of rotatable bonds is 7. The number of nitrogen functional groups attached to an aromatic ring is 1. The second kappa shape index (κ2) is 7.53. The molecule has 0 fully saturated rings. The van der Waals surface area contributed by atoms with Gasteiger partial charge in [-0.15, -0.1) is 0 Å². The highest BCUT2D eigenvalue weighted by atomic mass is 16.2. The van der Waals surface area contributed by atoms with Crippen LogP contribution in [0.15, 0.2) is 0 Å². The van der Waals surface area contributed by atoms with Gasteiger partial charge in [-0.2, -0.15) is 10.4 Å². The summed E-state index contributed by atoms with van der Waals surface area (Å²) >= 11 is 0. The van der Waals surface area contributed by atoms with Crippen molar-refractivity contribution in [1.82, 2.24) is 15.1 Å². The zero-order chi connectivity index (χ0) is 15.1. The number of aromatic amines is 1. The predicted molar refractivity (Wildman–Crippen MR) is 78.0 cm³/mol. The molecule has 0 aliphatic rings. The molecule has 0 saturated heterocycles. The number of nitriles is 1. The molecule has 1 rings (SSSR count). The molecule has 0 aliphatic heterocycles. The SMILES string of the molecule is CCCc1[nH]nc(C(=O)N(CCC#N)CC(C)C)c1N. The van der Waals surface area contributed by atoms with Crippen LogP contribution in [-0.4, -0.2) is 34.1 Å². The molecule has 6 nitrogen and oxygen atoms in total. The number of nitrogens with one attached hydrogen (secondary N) is 1. The molecule has 1 heterocycles. The van der Waals surface area contributed by atoms with Crippen LogP contribution >= 0.6 is 0 Å². The topological polar surface area (TPSA) is 98.8 Å². The summed E-state index contributed by atoms with van der Waals surface area (Å²) in [4.78, 5) is 14.1. The van der Waals surface area contributed by atoms with E-state index in [1.807, 2.05) is 20.8 Å². The van der Waals surface area contributed by atoms with Crippen molar-refractivity contribution in [3.8, 4) is 6.07 Å². The smallest absolute Gasteiger partial charge is 0.276 e. The van der Waals surface area contributed by atoms with Gasteiger partial charge >= 0.3 is 0 Å². The van der Waals surface area contributed by atoms with Crippen molar-refractivity contribution in [2.45, 2.75) is 40.0 Å². The van der Waals surface area contributed by atoms with Gasteiger partial charge < -0.3 is 10.6 Å². The van der Waals surface area contributed by atoms with E-state index in [1.54, 1.807) is 4.90 Å². The summed E-state index contributed by atoms with van der Waals surface area (Å²) in [6.45, 7) is 7.10. The van der Waals surface area contributed by atoms with Crippen LogP contribution in [0.5, 0.6) is 0 Å². The molecule has 0 unspecified atom stereocenters. The molecule has 6 heteroatoms. The third-order valence-electron chi connectivity index (χ3n) is 2.95. The molecule has 1 amide bonds. The van der Waals surface area contributed by atoms with Gasteiger partial charge in [0.25, 0.3) is 5.91 Å². The van der Waals surface area contributed by atoms with Gasteiger partial charge in [0.15, 0.2) is 5.69 Å². The van der Waals surface area contributed by atoms with E-state index in [0.717, 1.165) is 18.5 Å². The maximum Gasteiger partial charge on any atom is 0.276 e. The Morgan fingerprint density at radius 3 is 2.80 bits per heavy atom. The Labute approximate surface area is 119 Å². The number of carbonyl (C=O) groups excluding carboxylic acids is 1. The minimum atomic E-state index is -0.204. The van der Waals surface area contributed by atoms with E-state index < -0.39 is 0 Å². The number of H-pyrrole nitrogens is 1. The first-order valence-corrected chi connectivity index (χ1v) is 7.00. The molecule has 0 aromatic carbocycles. The quantitative estimate of drug-likeness (QED) is 0.795. The number of aromatic nitrogens is 2. The van der Waals surface area contributed by atoms with Crippen LogP contribution in [0.4, 0.5) is 5.69 Å². The van der Waals surface area contributed by atoms with Gasteiger partial charge in [-0.25, -0.2) is 0 Å². The highest BCUT2D eigenvalue weighted by Crippen LogP contribution is 2.18. The average molecular weight is 277 g/mol. The predicted octanol–water partition coefficient (Wildman–Crippen LogP) is 1.96. The molecule has 0 aliphatic carbocycles. The van der Waals surface area contributed by atoms with E-state index in [2.05, 4.69) is 16.3 Å². The normalized spacial score (nSPS) is 10.6. The van der Waals surface area contributed by atoms with Gasteiger partial charge in [0.05, 0.1) is 23.9 Å². The molecule has 0 spiro atoms. The highest BCUT2D eigenvalue weighted by molar-refractivity contribution is 5.97. The fourth-order valence-corrected chi connectivity index (χ4v) is 2.04. The minimum Gasteiger partial charge on any atom is -0.395 e. The van der Waals surface area contributed by atoms with E-state index in [9.17, 15) is 4.79 Å². The molecular formula is C14H23N5O. The molecule has 0 radical (unpaired) electrons. The minimum absolute atomic E-state index is 0.204. The largest absolute Gasteiger partial charge is 0.395 e. The molecule has 0 atom stereocenters. The number of hydrogen-bond donors (Lipinski definition) is 2. The van der Waals surface area contributed by atoms with Crippen molar-refractivity contribution in [1.29, 1.82) is 5.26 Å². The van der Waals surface area contributed by atoms with Crippen molar-refractivity contribution >= 4 is 11.6 Å². The lowest BCUT2D eigenvalue weighted by atomic mass is 10.1. The van der Waals surface area contributed by atoms with Gasteiger partial charge in [-0.3, -0.25) is 9.89 Å². The van der Waals surface area contributed by atoms with Gasteiger partial charge in [0.2, 0.25) is 0 Å². The zero-order valence-corrected chi connectivity index (χ0v) is 12.4. The van der Waals surface area contributed by atoms with Crippen LogP contribution < -0.4 is 5.73 Å². The van der Waals surface area contributed by atoms with E-state index in [1.165, 1.54) is 0 Å². The molecule has 110 valence electrons. The number of carbonyl (C=O) groups is 1. The number of amides is 1. The monoisotopic (exact) mass is 277 g/mol. The summed E-state index contributed by atoms with van der Waals surface area (Å²) in [5.74, 6) is 0.123. The molecule has 3 N–H and O–H groups in total. The number of hydrogen-bond acceptors (Lipinski definition) is 4. The van der Waals surface area contributed by atoms with Crippen molar-refractivity contribution in [2.24, 2.45) is 5.92 Å². The Hall–Kier alpha value is -2.03. The molecule has 0 bridgehead atoms. The number of nitrogens with two attached hydrogens (primary N) is 1. The van der Waals surface area contributed by atoms with Crippen molar-refractivity contribution in [2.75, 3.05) is 18.8 Å². The van der Waals surface area contributed by atoms with Gasteiger partial charge in [0, 0.05) is 13.1 Å². The van der Waals surface area contributed by atoms with Crippen LogP contribution in [0.25, 0.3) is 0 Å². The van der Waals surface area contributed by atoms with Crippen molar-refractivity contribution < 1.29 is 4.79 Å². The first-order valence-electron chi connectivity index (χ1n) is 7.00. The fourth-order valence-electron chi connectivity index (χ4n) is 2.04. The number of anilines is 1. The molecule has 20 heavy (non-hydrogen) atoms. The van der Waals surface area contributed by atoms with Crippen molar-refractivity contribution in [3.63, 3.8) is 0 Å². The number of nitrogens with zero attached hydrogens (tertiary/aromatic N) is 3. The van der Waals surface area contributed by atoms with E-state index in [4.69, 9.17) is 11.0 Å². The Kier molecular flexibility index (Phi) is 6.04. The highest BCUT2D eigenvalue weighted by Gasteiger charge is 2.23. The van der Waals surface area contributed by atoms with Crippen LogP contribution in [0, 0.1) is 17.2 Å². The van der Waals surface area contributed by atoms with E-state index in [-0.39, 0.29) is 11.6 Å². The van der Waals surface area contributed by atoms with Crippen LogP contribution in [-0.2, 0) is 6.42 Å². The second-order valence-electron chi connectivity index (χ2n) is 5.27. The maximum absolute atomic E-state index is 12.5. The fraction of sp³-hybridized carbons (Fsp3) is 0.643. The number of aryl methyl sites for hydroxylation is 1. The molecule has 0 saturated carbocycles. The van der Waals surface area contributed by atoms with E-state index >= 15 is 0 Å². The Bertz CT molecular complexity index is 486. The molecule has 1 aromatic rings. The van der Waals surface area contributed by atoms with Crippen LogP contribution in [0.2, 0.25) is 0 Å². The lowest BCUT2D eigenvalue weighted by Gasteiger charge is -2.22. The summed E-state index contributed by atoms with van der Waals surface area (Å²) in [6.07, 6.45) is 2.02. The standard InChI is InChI=1S/C14H23N5O/c1-4-6-11-12(16)13(18-17-11)14(20)19(8-5-7-15)9-10(2)3/h10H,4-6,8-9,16H2,1-3H3,(H,17,18). The van der Waals surface area contributed by atoms with Crippen LogP contribution in [0.3, 0.4) is 0 Å². The lowest BCUT2D eigenvalue weighted by Crippen LogP contribution is -2.35. The Morgan fingerprint density at radius 1 is 1.55 bits per heavy atom. The third kappa shape index (κ3) is 3.98. The Balaban J connectivity index is 2.91. The third-order valence-corrected chi connectivity index (χ3v) is 2.95. The van der Waals surface area contributed by atoms with Crippen molar-refractivity contribution in [3.05, 3.63) is 11.4 Å².